The first-order chi connectivity index (χ1) is 10.8. The number of rotatable bonds is 5. The van der Waals surface area contributed by atoms with E-state index in [0.29, 0.717) is 5.76 Å². The van der Waals surface area contributed by atoms with Crippen molar-refractivity contribution < 1.29 is 28.0 Å². The summed E-state index contributed by atoms with van der Waals surface area (Å²) in [4.78, 5) is 36.0. The molecular weight excluding hydrogens is 302 g/mol. The van der Waals surface area contributed by atoms with Crippen LogP contribution in [0, 0.1) is 13.8 Å². The lowest BCUT2D eigenvalue weighted by molar-refractivity contribution is 0.0524. The molecule has 0 radical (unpaired) electrons. The second-order valence-corrected chi connectivity index (χ2v) is 4.88. The SMILES string of the molecule is CCOC(=O)c1c(NC(=O)c2ccc(C)o2)oc(C)c1C(C)=O. The fraction of sp³-hybridized carbons (Fsp3) is 0.312. The van der Waals surface area contributed by atoms with E-state index in [-0.39, 0.29) is 40.9 Å². The Morgan fingerprint density at radius 2 is 1.83 bits per heavy atom. The molecule has 0 atom stereocenters. The van der Waals surface area contributed by atoms with Crippen molar-refractivity contribution in [3.63, 3.8) is 0 Å². The van der Waals surface area contributed by atoms with Crippen LogP contribution in [0.3, 0.4) is 0 Å². The Balaban J connectivity index is 2.41. The molecule has 2 rings (SSSR count). The van der Waals surface area contributed by atoms with Gasteiger partial charge in [-0.2, -0.15) is 0 Å². The summed E-state index contributed by atoms with van der Waals surface area (Å²) in [6.07, 6.45) is 0. The van der Waals surface area contributed by atoms with E-state index in [4.69, 9.17) is 13.6 Å². The average molecular weight is 319 g/mol. The van der Waals surface area contributed by atoms with Gasteiger partial charge in [-0.25, -0.2) is 4.79 Å². The van der Waals surface area contributed by atoms with Crippen molar-refractivity contribution in [2.24, 2.45) is 0 Å². The number of amides is 1. The van der Waals surface area contributed by atoms with Gasteiger partial charge in [0.25, 0.3) is 5.91 Å². The summed E-state index contributed by atoms with van der Waals surface area (Å²) in [5, 5.41) is 2.44. The topological polar surface area (TPSA) is 98.8 Å². The Labute approximate surface area is 132 Å². The van der Waals surface area contributed by atoms with Crippen LogP contribution in [0.25, 0.3) is 0 Å². The molecule has 0 aliphatic carbocycles. The number of aryl methyl sites for hydroxylation is 2. The molecule has 0 bridgehead atoms. The highest BCUT2D eigenvalue weighted by molar-refractivity contribution is 6.12. The number of furan rings is 2. The van der Waals surface area contributed by atoms with Crippen molar-refractivity contribution in [2.45, 2.75) is 27.7 Å². The monoisotopic (exact) mass is 319 g/mol. The smallest absolute Gasteiger partial charge is 0.344 e. The first-order valence-corrected chi connectivity index (χ1v) is 7.04. The summed E-state index contributed by atoms with van der Waals surface area (Å²) in [7, 11) is 0. The fourth-order valence-electron chi connectivity index (χ4n) is 2.18. The third-order valence-electron chi connectivity index (χ3n) is 3.11. The summed E-state index contributed by atoms with van der Waals surface area (Å²) in [6, 6.07) is 3.13. The molecule has 0 spiro atoms. The molecule has 2 aromatic heterocycles. The first-order valence-electron chi connectivity index (χ1n) is 7.04. The van der Waals surface area contributed by atoms with Crippen LogP contribution < -0.4 is 5.32 Å². The number of carbonyl (C=O) groups is 3. The molecule has 0 aromatic carbocycles. The number of nitrogens with one attached hydrogen (secondary N) is 1. The molecule has 0 unspecified atom stereocenters. The minimum Gasteiger partial charge on any atom is -0.462 e. The Hall–Kier alpha value is -2.83. The maximum absolute atomic E-state index is 12.1. The van der Waals surface area contributed by atoms with E-state index in [1.54, 1.807) is 19.9 Å². The van der Waals surface area contributed by atoms with Crippen LogP contribution in [0.5, 0.6) is 0 Å². The lowest BCUT2D eigenvalue weighted by atomic mass is 10.1. The van der Waals surface area contributed by atoms with Gasteiger partial charge in [-0.3, -0.25) is 14.9 Å². The molecule has 7 nitrogen and oxygen atoms in total. The van der Waals surface area contributed by atoms with E-state index in [2.05, 4.69) is 5.32 Å². The van der Waals surface area contributed by atoms with Gasteiger partial charge in [0.2, 0.25) is 5.88 Å². The van der Waals surface area contributed by atoms with Gasteiger partial charge in [-0.05, 0) is 39.8 Å². The predicted molar refractivity (Wildman–Crippen MR) is 80.8 cm³/mol. The van der Waals surface area contributed by atoms with Crippen LogP contribution in [0.1, 0.15) is 56.6 Å². The van der Waals surface area contributed by atoms with E-state index >= 15 is 0 Å². The molecule has 122 valence electrons. The van der Waals surface area contributed by atoms with Crippen molar-refractivity contribution in [1.82, 2.24) is 0 Å². The number of Topliss-reactive ketones (excluding diaryl/α,β-unsaturated/α-hetero) is 1. The van der Waals surface area contributed by atoms with Gasteiger partial charge in [0, 0.05) is 0 Å². The minimum absolute atomic E-state index is 0.0655. The van der Waals surface area contributed by atoms with Gasteiger partial charge < -0.3 is 13.6 Å². The standard InChI is InChI=1S/C16H17NO6/c1-5-21-16(20)13-12(9(3)18)10(4)23-15(13)17-14(19)11-7-6-8(2)22-11/h6-7H,5H2,1-4H3,(H,17,19). The minimum atomic E-state index is -0.736. The molecule has 0 saturated carbocycles. The summed E-state index contributed by atoms with van der Waals surface area (Å²) in [6.45, 7) is 6.31. The summed E-state index contributed by atoms with van der Waals surface area (Å²) in [5.41, 5.74) is 0.00264. The van der Waals surface area contributed by atoms with Crippen molar-refractivity contribution in [1.29, 1.82) is 0 Å². The van der Waals surface area contributed by atoms with Crippen molar-refractivity contribution in [2.75, 3.05) is 11.9 Å². The highest BCUT2D eigenvalue weighted by Crippen LogP contribution is 2.29. The number of esters is 1. The maximum atomic E-state index is 12.1. The van der Waals surface area contributed by atoms with E-state index in [1.165, 1.54) is 19.9 Å². The first kappa shape index (κ1) is 16.5. The zero-order chi connectivity index (χ0) is 17.1. The highest BCUT2D eigenvalue weighted by Gasteiger charge is 2.29. The van der Waals surface area contributed by atoms with Crippen LogP contribution in [0.4, 0.5) is 5.88 Å². The van der Waals surface area contributed by atoms with Crippen LogP contribution in [-0.2, 0) is 4.74 Å². The van der Waals surface area contributed by atoms with Gasteiger partial charge in [0.15, 0.2) is 11.5 Å². The molecule has 2 heterocycles. The van der Waals surface area contributed by atoms with Crippen LogP contribution in [-0.4, -0.2) is 24.3 Å². The maximum Gasteiger partial charge on any atom is 0.344 e. The molecule has 2 aromatic rings. The van der Waals surface area contributed by atoms with E-state index in [9.17, 15) is 14.4 Å². The van der Waals surface area contributed by atoms with Gasteiger partial charge in [0.1, 0.15) is 17.1 Å². The summed E-state index contributed by atoms with van der Waals surface area (Å²) in [5.74, 6) is -0.954. The number of anilines is 1. The fourth-order valence-corrected chi connectivity index (χ4v) is 2.18. The Morgan fingerprint density at radius 3 is 2.35 bits per heavy atom. The predicted octanol–water partition coefficient (Wildman–Crippen LogP) is 3.12. The largest absolute Gasteiger partial charge is 0.462 e. The molecule has 7 heteroatoms. The molecule has 1 amide bonds. The molecule has 0 aliphatic rings. The van der Waals surface area contributed by atoms with Gasteiger partial charge in [0.05, 0.1) is 12.2 Å². The lowest BCUT2D eigenvalue weighted by Crippen LogP contribution is -2.16. The van der Waals surface area contributed by atoms with Gasteiger partial charge >= 0.3 is 5.97 Å². The molecule has 23 heavy (non-hydrogen) atoms. The second-order valence-electron chi connectivity index (χ2n) is 4.88. The average Bonchev–Trinajstić information content (AvgIpc) is 3.02. The van der Waals surface area contributed by atoms with Crippen LogP contribution >= 0.6 is 0 Å². The molecular formula is C16H17NO6. The van der Waals surface area contributed by atoms with Gasteiger partial charge in [-0.1, -0.05) is 0 Å². The Bertz CT molecular complexity index is 768. The zero-order valence-electron chi connectivity index (χ0n) is 13.3. The van der Waals surface area contributed by atoms with Crippen molar-refractivity contribution in [3.8, 4) is 0 Å². The number of hydrogen-bond acceptors (Lipinski definition) is 6. The van der Waals surface area contributed by atoms with Crippen molar-refractivity contribution >= 4 is 23.5 Å². The van der Waals surface area contributed by atoms with Crippen LogP contribution in [0.15, 0.2) is 21.0 Å². The normalized spacial score (nSPS) is 10.4. The number of ketones is 1. The quantitative estimate of drug-likeness (QED) is 0.671. The zero-order valence-corrected chi connectivity index (χ0v) is 13.3. The van der Waals surface area contributed by atoms with E-state index in [1.807, 2.05) is 0 Å². The summed E-state index contributed by atoms with van der Waals surface area (Å²) >= 11 is 0. The molecule has 0 fully saturated rings. The number of carbonyl (C=O) groups excluding carboxylic acids is 3. The van der Waals surface area contributed by atoms with E-state index < -0.39 is 11.9 Å². The van der Waals surface area contributed by atoms with Crippen LogP contribution in [0.2, 0.25) is 0 Å². The van der Waals surface area contributed by atoms with E-state index in [0.717, 1.165) is 0 Å². The number of ether oxygens (including phenoxy) is 1. The third-order valence-corrected chi connectivity index (χ3v) is 3.11. The molecule has 1 N–H and O–H groups in total. The third kappa shape index (κ3) is 3.33. The Kier molecular flexibility index (Phi) is 4.68. The summed E-state index contributed by atoms with van der Waals surface area (Å²) < 4.78 is 15.5. The second kappa shape index (κ2) is 6.51. The molecule has 0 saturated heterocycles. The molecule has 0 aliphatic heterocycles. The highest BCUT2D eigenvalue weighted by atomic mass is 16.5. The number of hydrogen-bond donors (Lipinski definition) is 1. The van der Waals surface area contributed by atoms with Crippen molar-refractivity contribution in [3.05, 3.63) is 40.5 Å². The lowest BCUT2D eigenvalue weighted by Gasteiger charge is -2.05. The van der Waals surface area contributed by atoms with Gasteiger partial charge in [-0.15, -0.1) is 0 Å². The Morgan fingerprint density at radius 1 is 1.13 bits per heavy atom.